The standard InChI is InChI=1S/C13H25N3O2/c1-15(2)7-10-5-11(17)8-16(10)13(18)6-12(14)9-3-4-9/h9-12,17H,3-8,14H2,1-2H3. The molecule has 5 nitrogen and oxygen atoms in total. The highest BCUT2D eigenvalue weighted by molar-refractivity contribution is 5.77. The molecule has 104 valence electrons. The largest absolute Gasteiger partial charge is 0.391 e. The van der Waals surface area contributed by atoms with Gasteiger partial charge in [0.2, 0.25) is 5.91 Å². The van der Waals surface area contributed by atoms with Crippen molar-refractivity contribution in [2.24, 2.45) is 11.7 Å². The molecule has 3 atom stereocenters. The molecule has 2 rings (SSSR count). The van der Waals surface area contributed by atoms with Crippen molar-refractivity contribution < 1.29 is 9.90 Å². The summed E-state index contributed by atoms with van der Waals surface area (Å²) >= 11 is 0. The highest BCUT2D eigenvalue weighted by Gasteiger charge is 2.37. The van der Waals surface area contributed by atoms with E-state index in [-0.39, 0.29) is 24.1 Å². The summed E-state index contributed by atoms with van der Waals surface area (Å²) in [6, 6.07) is 0.143. The first kappa shape index (κ1) is 13.8. The molecule has 1 saturated carbocycles. The van der Waals surface area contributed by atoms with E-state index in [0.29, 0.717) is 25.3 Å². The van der Waals surface area contributed by atoms with Crippen LogP contribution in [-0.4, -0.2) is 66.2 Å². The molecule has 1 saturated heterocycles. The van der Waals surface area contributed by atoms with Gasteiger partial charge in [0.15, 0.2) is 0 Å². The molecule has 5 heteroatoms. The Morgan fingerprint density at radius 3 is 2.72 bits per heavy atom. The van der Waals surface area contributed by atoms with Gasteiger partial charge in [-0.15, -0.1) is 0 Å². The number of likely N-dealkylation sites (N-methyl/N-ethyl adjacent to an activating group) is 1. The van der Waals surface area contributed by atoms with Gasteiger partial charge in [-0.1, -0.05) is 0 Å². The molecule has 3 N–H and O–H groups in total. The van der Waals surface area contributed by atoms with Crippen LogP contribution in [-0.2, 0) is 4.79 Å². The molecule has 0 radical (unpaired) electrons. The summed E-state index contributed by atoms with van der Waals surface area (Å²) in [5, 5.41) is 9.74. The highest BCUT2D eigenvalue weighted by atomic mass is 16.3. The van der Waals surface area contributed by atoms with Crippen LogP contribution in [0.3, 0.4) is 0 Å². The fourth-order valence-corrected chi connectivity index (χ4v) is 2.80. The van der Waals surface area contributed by atoms with Crippen molar-refractivity contribution in [1.82, 2.24) is 9.80 Å². The maximum Gasteiger partial charge on any atom is 0.224 e. The fraction of sp³-hybridized carbons (Fsp3) is 0.923. The summed E-state index contributed by atoms with van der Waals surface area (Å²) in [6.45, 7) is 1.27. The summed E-state index contributed by atoms with van der Waals surface area (Å²) in [6.07, 6.45) is 3.07. The lowest BCUT2D eigenvalue weighted by Crippen LogP contribution is -2.43. The van der Waals surface area contributed by atoms with E-state index in [4.69, 9.17) is 5.73 Å². The van der Waals surface area contributed by atoms with Crippen LogP contribution in [0.15, 0.2) is 0 Å². The van der Waals surface area contributed by atoms with Gasteiger partial charge in [-0.2, -0.15) is 0 Å². The van der Waals surface area contributed by atoms with Crippen LogP contribution in [0.4, 0.5) is 0 Å². The number of hydrogen-bond donors (Lipinski definition) is 2. The normalized spacial score (nSPS) is 29.9. The van der Waals surface area contributed by atoms with Crippen molar-refractivity contribution >= 4 is 5.91 Å². The molecular weight excluding hydrogens is 230 g/mol. The summed E-state index contributed by atoms with van der Waals surface area (Å²) in [4.78, 5) is 16.1. The van der Waals surface area contributed by atoms with Crippen LogP contribution in [0, 0.1) is 5.92 Å². The van der Waals surface area contributed by atoms with E-state index in [1.807, 2.05) is 19.0 Å². The number of hydrogen-bond acceptors (Lipinski definition) is 4. The fourth-order valence-electron chi connectivity index (χ4n) is 2.80. The summed E-state index contributed by atoms with van der Waals surface area (Å²) in [7, 11) is 3.98. The number of aliphatic hydroxyl groups is 1. The minimum Gasteiger partial charge on any atom is -0.391 e. The van der Waals surface area contributed by atoms with Crippen LogP contribution in [0.25, 0.3) is 0 Å². The van der Waals surface area contributed by atoms with Gasteiger partial charge in [0.1, 0.15) is 0 Å². The Labute approximate surface area is 109 Å². The Morgan fingerprint density at radius 1 is 1.50 bits per heavy atom. The van der Waals surface area contributed by atoms with Gasteiger partial charge in [-0.05, 0) is 39.3 Å². The summed E-state index contributed by atoms with van der Waals surface area (Å²) in [5.74, 6) is 0.659. The first-order valence-electron chi connectivity index (χ1n) is 6.85. The molecule has 1 aliphatic heterocycles. The summed E-state index contributed by atoms with van der Waals surface area (Å²) < 4.78 is 0. The quantitative estimate of drug-likeness (QED) is 0.704. The number of aliphatic hydroxyl groups excluding tert-OH is 1. The van der Waals surface area contributed by atoms with E-state index in [9.17, 15) is 9.90 Å². The maximum atomic E-state index is 12.2. The first-order valence-corrected chi connectivity index (χ1v) is 6.85. The van der Waals surface area contributed by atoms with Gasteiger partial charge in [0.05, 0.1) is 6.10 Å². The lowest BCUT2D eigenvalue weighted by Gasteiger charge is -2.27. The van der Waals surface area contributed by atoms with Crippen molar-refractivity contribution in [3.63, 3.8) is 0 Å². The number of nitrogens with zero attached hydrogens (tertiary/aromatic N) is 2. The van der Waals surface area contributed by atoms with E-state index in [2.05, 4.69) is 4.90 Å². The van der Waals surface area contributed by atoms with Gasteiger partial charge < -0.3 is 20.6 Å². The smallest absolute Gasteiger partial charge is 0.224 e. The number of likely N-dealkylation sites (tertiary alicyclic amines) is 1. The summed E-state index contributed by atoms with van der Waals surface area (Å²) in [5.41, 5.74) is 6.01. The minimum atomic E-state index is -0.379. The van der Waals surface area contributed by atoms with Crippen LogP contribution in [0.2, 0.25) is 0 Å². The SMILES string of the molecule is CN(C)CC1CC(O)CN1C(=O)CC(N)C1CC1. The number of rotatable bonds is 5. The van der Waals surface area contributed by atoms with Crippen molar-refractivity contribution in [3.8, 4) is 0 Å². The van der Waals surface area contributed by atoms with E-state index in [0.717, 1.165) is 19.4 Å². The second-order valence-corrected chi connectivity index (χ2v) is 6.06. The van der Waals surface area contributed by atoms with Crippen LogP contribution >= 0.6 is 0 Å². The number of carbonyl (C=O) groups is 1. The number of carbonyl (C=O) groups excluding carboxylic acids is 1. The predicted octanol–water partition coefficient (Wildman–Crippen LogP) is -0.363. The van der Waals surface area contributed by atoms with Crippen molar-refractivity contribution in [1.29, 1.82) is 0 Å². The minimum absolute atomic E-state index is 0.00949. The zero-order valence-corrected chi connectivity index (χ0v) is 11.4. The Balaban J connectivity index is 1.89. The van der Waals surface area contributed by atoms with Gasteiger partial charge in [0, 0.05) is 31.6 Å². The third kappa shape index (κ3) is 3.43. The van der Waals surface area contributed by atoms with Crippen LogP contribution in [0.1, 0.15) is 25.7 Å². The molecule has 1 aliphatic carbocycles. The molecule has 0 spiro atoms. The lowest BCUT2D eigenvalue weighted by atomic mass is 10.1. The number of β-amino-alcohol motifs (C(OH)–C–C–N with tert-alkyl or cyclic N) is 1. The lowest BCUT2D eigenvalue weighted by molar-refractivity contribution is -0.133. The molecule has 0 aromatic rings. The second-order valence-electron chi connectivity index (χ2n) is 6.06. The van der Waals surface area contributed by atoms with Gasteiger partial charge >= 0.3 is 0 Å². The molecule has 2 fully saturated rings. The van der Waals surface area contributed by atoms with Crippen LogP contribution < -0.4 is 5.73 Å². The topological polar surface area (TPSA) is 69.8 Å². The van der Waals surface area contributed by atoms with Crippen molar-refractivity contribution in [2.75, 3.05) is 27.2 Å². The zero-order chi connectivity index (χ0) is 13.3. The van der Waals surface area contributed by atoms with E-state index in [1.54, 1.807) is 0 Å². The molecule has 2 aliphatic rings. The maximum absolute atomic E-state index is 12.2. The molecule has 18 heavy (non-hydrogen) atoms. The monoisotopic (exact) mass is 255 g/mol. The number of nitrogens with two attached hydrogens (primary N) is 1. The Hall–Kier alpha value is -0.650. The second kappa shape index (κ2) is 5.55. The Bertz CT molecular complexity index is 305. The average Bonchev–Trinajstić information content (AvgIpc) is 3.03. The zero-order valence-electron chi connectivity index (χ0n) is 11.4. The van der Waals surface area contributed by atoms with E-state index >= 15 is 0 Å². The van der Waals surface area contributed by atoms with Gasteiger partial charge in [-0.25, -0.2) is 0 Å². The van der Waals surface area contributed by atoms with Crippen LogP contribution in [0.5, 0.6) is 0 Å². The van der Waals surface area contributed by atoms with Gasteiger partial charge in [-0.3, -0.25) is 4.79 Å². The third-order valence-electron chi connectivity index (χ3n) is 3.93. The van der Waals surface area contributed by atoms with Crippen molar-refractivity contribution in [3.05, 3.63) is 0 Å². The molecule has 0 bridgehead atoms. The number of amides is 1. The first-order chi connectivity index (χ1) is 8.47. The molecule has 0 aromatic heterocycles. The highest BCUT2D eigenvalue weighted by Crippen LogP contribution is 2.33. The van der Waals surface area contributed by atoms with Gasteiger partial charge in [0.25, 0.3) is 0 Å². The van der Waals surface area contributed by atoms with Crippen molar-refractivity contribution in [2.45, 2.75) is 43.9 Å². The van der Waals surface area contributed by atoms with E-state index in [1.165, 1.54) is 0 Å². The molecule has 1 heterocycles. The van der Waals surface area contributed by atoms with E-state index < -0.39 is 0 Å². The molecular formula is C13H25N3O2. The Kier molecular flexibility index (Phi) is 4.25. The average molecular weight is 255 g/mol. The molecule has 1 amide bonds. The Morgan fingerprint density at radius 2 is 2.17 bits per heavy atom. The third-order valence-corrected chi connectivity index (χ3v) is 3.93. The predicted molar refractivity (Wildman–Crippen MR) is 70.0 cm³/mol. The molecule has 3 unspecified atom stereocenters. The molecule has 0 aromatic carbocycles.